The lowest BCUT2D eigenvalue weighted by molar-refractivity contribution is 0.0939. The number of aromatic amines is 1. The maximum Gasteiger partial charge on any atom is 0.251 e. The first-order valence-electron chi connectivity index (χ1n) is 12.1. The number of nitrogens with one attached hydrogen (secondary N) is 2. The number of aromatic nitrogens is 3. The summed E-state index contributed by atoms with van der Waals surface area (Å²) in [6.07, 6.45) is 1.67. The van der Waals surface area contributed by atoms with E-state index >= 15 is 0 Å². The monoisotopic (exact) mass is 487 g/mol. The van der Waals surface area contributed by atoms with E-state index in [4.69, 9.17) is 4.74 Å². The quantitative estimate of drug-likeness (QED) is 0.312. The van der Waals surface area contributed by atoms with Crippen LogP contribution >= 0.6 is 0 Å². The Bertz CT molecular complexity index is 1350. The lowest BCUT2D eigenvalue weighted by atomic mass is 10.0. The second-order valence-electron chi connectivity index (χ2n) is 9.29. The molecule has 0 radical (unpaired) electrons. The number of methoxy groups -OCH3 is 1. The van der Waals surface area contributed by atoms with Gasteiger partial charge in [-0.2, -0.15) is 0 Å². The number of H-pyrrole nitrogens is 1. The van der Waals surface area contributed by atoms with Crippen molar-refractivity contribution in [2.24, 2.45) is 0 Å². The second kappa shape index (κ2) is 10.8. The van der Waals surface area contributed by atoms with Gasteiger partial charge in [0.15, 0.2) is 0 Å². The lowest BCUT2D eigenvalue weighted by Crippen LogP contribution is -2.42. The van der Waals surface area contributed by atoms with Crippen molar-refractivity contribution in [3.05, 3.63) is 60.3 Å². The van der Waals surface area contributed by atoms with E-state index in [-0.39, 0.29) is 11.7 Å². The molecule has 8 heteroatoms. The fraction of sp³-hybridized carbons (Fsp3) is 0.321. The third kappa shape index (κ3) is 5.33. The molecule has 0 aliphatic heterocycles. The molecule has 8 nitrogen and oxygen atoms in total. The van der Waals surface area contributed by atoms with E-state index in [0.29, 0.717) is 52.5 Å². The van der Waals surface area contributed by atoms with E-state index in [1.165, 1.54) is 0 Å². The van der Waals surface area contributed by atoms with Gasteiger partial charge in [-0.05, 0) is 75.7 Å². The number of phenolic OH excluding ortho intramolecular Hbond substituents is 1. The van der Waals surface area contributed by atoms with Gasteiger partial charge in [-0.3, -0.25) is 9.69 Å². The number of ether oxygens (including phenoxy) is 1. The first kappa shape index (κ1) is 25.2. The van der Waals surface area contributed by atoms with Crippen LogP contribution in [0.15, 0.2) is 54.7 Å². The van der Waals surface area contributed by atoms with Crippen LogP contribution in [0.4, 0.5) is 0 Å². The van der Waals surface area contributed by atoms with Crippen molar-refractivity contribution in [2.45, 2.75) is 39.8 Å². The molecular weight excluding hydrogens is 454 g/mol. The van der Waals surface area contributed by atoms with Crippen LogP contribution in [0.1, 0.15) is 38.1 Å². The van der Waals surface area contributed by atoms with Gasteiger partial charge in [0.05, 0.1) is 23.7 Å². The van der Waals surface area contributed by atoms with E-state index in [1.54, 1.807) is 31.5 Å². The number of aromatic hydroxyl groups is 1. The van der Waals surface area contributed by atoms with Gasteiger partial charge in [-0.15, -0.1) is 0 Å². The summed E-state index contributed by atoms with van der Waals surface area (Å²) in [5.41, 5.74) is 4.16. The van der Waals surface area contributed by atoms with Crippen molar-refractivity contribution < 1.29 is 14.6 Å². The van der Waals surface area contributed by atoms with Gasteiger partial charge in [-0.25, -0.2) is 9.97 Å². The molecule has 0 saturated carbocycles. The summed E-state index contributed by atoms with van der Waals surface area (Å²) in [5, 5.41) is 13.6. The maximum absolute atomic E-state index is 12.8. The summed E-state index contributed by atoms with van der Waals surface area (Å²) in [6.45, 7) is 9.99. The molecule has 2 aromatic heterocycles. The molecule has 36 heavy (non-hydrogen) atoms. The Balaban J connectivity index is 1.56. The van der Waals surface area contributed by atoms with Gasteiger partial charge < -0.3 is 20.1 Å². The van der Waals surface area contributed by atoms with Crippen LogP contribution < -0.4 is 10.1 Å². The van der Waals surface area contributed by atoms with E-state index < -0.39 is 0 Å². The Hall–Kier alpha value is -3.91. The first-order chi connectivity index (χ1) is 17.3. The number of hydrogen-bond donors (Lipinski definition) is 3. The highest BCUT2D eigenvalue weighted by Gasteiger charge is 2.16. The summed E-state index contributed by atoms with van der Waals surface area (Å²) in [4.78, 5) is 27.3. The highest BCUT2D eigenvalue weighted by atomic mass is 16.5. The zero-order valence-corrected chi connectivity index (χ0v) is 21.4. The Kier molecular flexibility index (Phi) is 7.55. The largest absolute Gasteiger partial charge is 0.507 e. The Labute approximate surface area is 211 Å². The maximum atomic E-state index is 12.8. The molecule has 1 amide bonds. The average molecular weight is 488 g/mol. The number of benzene rings is 2. The predicted octanol–water partition coefficient (Wildman–Crippen LogP) is 4.85. The molecule has 3 N–H and O–H groups in total. The van der Waals surface area contributed by atoms with Gasteiger partial charge in [0, 0.05) is 42.5 Å². The number of carbonyl (C=O) groups is 1. The zero-order valence-electron chi connectivity index (χ0n) is 21.4. The second-order valence-corrected chi connectivity index (χ2v) is 9.29. The Morgan fingerprint density at radius 2 is 1.86 bits per heavy atom. The van der Waals surface area contributed by atoms with Gasteiger partial charge >= 0.3 is 0 Å². The normalized spacial score (nSPS) is 11.6. The molecule has 0 spiro atoms. The topological polar surface area (TPSA) is 103 Å². The molecule has 0 aliphatic carbocycles. The lowest BCUT2D eigenvalue weighted by Gasteiger charge is -2.30. The first-order valence-corrected chi connectivity index (χ1v) is 12.1. The van der Waals surface area contributed by atoms with Crippen LogP contribution in [-0.2, 0) is 0 Å². The number of carbonyl (C=O) groups excluding carboxylic acids is 1. The predicted molar refractivity (Wildman–Crippen MR) is 142 cm³/mol. The van der Waals surface area contributed by atoms with Crippen LogP contribution in [0.25, 0.3) is 33.5 Å². The molecule has 0 atom stereocenters. The van der Waals surface area contributed by atoms with E-state index in [2.05, 4.69) is 52.9 Å². The van der Waals surface area contributed by atoms with Gasteiger partial charge in [0.25, 0.3) is 5.91 Å². The zero-order chi connectivity index (χ0) is 25.8. The number of fused-ring (bicyclic) bond motifs is 1. The molecule has 0 unspecified atom stereocenters. The molecule has 0 saturated heterocycles. The van der Waals surface area contributed by atoms with Gasteiger partial charge in [-0.1, -0.05) is 6.07 Å². The van der Waals surface area contributed by atoms with Crippen LogP contribution in [0.5, 0.6) is 11.6 Å². The molecule has 4 aromatic rings. The van der Waals surface area contributed by atoms with Crippen molar-refractivity contribution in [2.75, 3.05) is 20.2 Å². The summed E-state index contributed by atoms with van der Waals surface area (Å²) >= 11 is 0. The van der Waals surface area contributed by atoms with Crippen LogP contribution in [0, 0.1) is 0 Å². The van der Waals surface area contributed by atoms with Crippen molar-refractivity contribution >= 4 is 16.9 Å². The fourth-order valence-electron chi connectivity index (χ4n) is 4.46. The van der Waals surface area contributed by atoms with Crippen molar-refractivity contribution in [1.82, 2.24) is 25.2 Å². The molecule has 4 rings (SSSR count). The number of hydrogen-bond acceptors (Lipinski definition) is 6. The number of imidazole rings is 1. The van der Waals surface area contributed by atoms with E-state index in [9.17, 15) is 9.90 Å². The van der Waals surface area contributed by atoms with Crippen LogP contribution in [-0.4, -0.2) is 63.1 Å². The standard InChI is InChI=1S/C28H33N5O3/c1-17(2)33(18(3)4)14-13-29-27(35)20-8-10-23-24(16-20)32-26(31-23)22-15-19(9-11-25(22)34)21-7-6-12-30-28(21)36-5/h6-12,15-18,34H,13-14H2,1-5H3,(H,29,35)(H,31,32). The molecular formula is C28H33N5O3. The third-order valence-corrected chi connectivity index (χ3v) is 6.25. The third-order valence-electron chi connectivity index (χ3n) is 6.25. The van der Waals surface area contributed by atoms with E-state index in [0.717, 1.165) is 17.7 Å². The van der Waals surface area contributed by atoms with Crippen LogP contribution in [0.3, 0.4) is 0 Å². The highest BCUT2D eigenvalue weighted by Crippen LogP contribution is 2.35. The number of nitrogens with zero attached hydrogens (tertiary/aromatic N) is 3. The number of amides is 1. The summed E-state index contributed by atoms with van der Waals surface area (Å²) in [5.74, 6) is 0.973. The van der Waals surface area contributed by atoms with Gasteiger partial charge in [0.1, 0.15) is 11.6 Å². The molecule has 0 fully saturated rings. The van der Waals surface area contributed by atoms with Crippen molar-refractivity contribution in [3.63, 3.8) is 0 Å². The molecule has 0 bridgehead atoms. The number of phenols is 1. The molecule has 188 valence electrons. The molecule has 2 aromatic carbocycles. The highest BCUT2D eigenvalue weighted by molar-refractivity contribution is 5.97. The fourth-order valence-corrected chi connectivity index (χ4v) is 4.46. The Morgan fingerprint density at radius 3 is 2.58 bits per heavy atom. The number of pyridine rings is 1. The van der Waals surface area contributed by atoms with Crippen molar-refractivity contribution in [1.29, 1.82) is 0 Å². The molecule has 2 heterocycles. The SMILES string of the molecule is COc1ncccc1-c1ccc(O)c(-c2nc3ccc(C(=O)NCCN(C(C)C)C(C)C)cc3[nH]2)c1. The summed E-state index contributed by atoms with van der Waals surface area (Å²) < 4.78 is 5.39. The molecule has 0 aliphatic rings. The van der Waals surface area contributed by atoms with Crippen molar-refractivity contribution in [3.8, 4) is 34.1 Å². The minimum Gasteiger partial charge on any atom is -0.507 e. The minimum atomic E-state index is -0.131. The Morgan fingerprint density at radius 1 is 1.08 bits per heavy atom. The smallest absolute Gasteiger partial charge is 0.251 e. The van der Waals surface area contributed by atoms with Gasteiger partial charge in [0.2, 0.25) is 5.88 Å². The summed E-state index contributed by atoms with van der Waals surface area (Å²) in [6, 6.07) is 15.2. The van der Waals surface area contributed by atoms with Crippen LogP contribution in [0.2, 0.25) is 0 Å². The average Bonchev–Trinajstić information content (AvgIpc) is 3.29. The number of rotatable bonds is 9. The van der Waals surface area contributed by atoms with E-state index in [1.807, 2.05) is 30.3 Å². The minimum absolute atomic E-state index is 0.0958. The summed E-state index contributed by atoms with van der Waals surface area (Å²) in [7, 11) is 1.57.